The SMILES string of the molecule is CCCNCCCCSc1nnnn1C1CC1. The molecule has 0 aromatic carbocycles. The molecule has 1 aliphatic rings. The first-order valence-corrected chi connectivity index (χ1v) is 7.51. The number of rotatable bonds is 9. The third-order valence-electron chi connectivity index (χ3n) is 2.76. The molecule has 0 atom stereocenters. The lowest BCUT2D eigenvalue weighted by Crippen LogP contribution is -2.15. The summed E-state index contributed by atoms with van der Waals surface area (Å²) in [6, 6.07) is 0.582. The van der Waals surface area contributed by atoms with E-state index in [1.807, 2.05) is 4.68 Å². The van der Waals surface area contributed by atoms with Crippen molar-refractivity contribution in [3.8, 4) is 0 Å². The standard InChI is InChI=1S/C11H21N5S/c1-2-7-12-8-3-4-9-17-11-13-14-15-16(11)10-5-6-10/h10,12H,2-9H2,1H3. The Balaban J connectivity index is 1.56. The fourth-order valence-electron chi connectivity index (χ4n) is 1.65. The van der Waals surface area contributed by atoms with Gasteiger partial charge in [0.05, 0.1) is 6.04 Å². The molecule has 0 radical (unpaired) electrons. The van der Waals surface area contributed by atoms with Crippen LogP contribution < -0.4 is 5.32 Å². The summed E-state index contributed by atoms with van der Waals surface area (Å²) < 4.78 is 1.99. The third-order valence-corrected chi connectivity index (χ3v) is 3.78. The van der Waals surface area contributed by atoms with Crippen LogP contribution in [0.1, 0.15) is 45.1 Å². The average Bonchev–Trinajstić information content (AvgIpc) is 3.08. The zero-order valence-corrected chi connectivity index (χ0v) is 11.2. The van der Waals surface area contributed by atoms with Crippen molar-refractivity contribution in [2.45, 2.75) is 50.2 Å². The van der Waals surface area contributed by atoms with Gasteiger partial charge in [0.25, 0.3) is 0 Å². The fourth-order valence-corrected chi connectivity index (χ4v) is 2.59. The van der Waals surface area contributed by atoms with Crippen LogP contribution >= 0.6 is 11.8 Å². The molecule has 2 rings (SSSR count). The quantitative estimate of drug-likeness (QED) is 0.539. The van der Waals surface area contributed by atoms with Crippen LogP contribution in [0.2, 0.25) is 0 Å². The van der Waals surface area contributed by atoms with Crippen molar-refractivity contribution in [1.82, 2.24) is 25.5 Å². The Morgan fingerprint density at radius 3 is 3.00 bits per heavy atom. The normalized spacial score (nSPS) is 15.4. The topological polar surface area (TPSA) is 55.6 Å². The highest BCUT2D eigenvalue weighted by Crippen LogP contribution is 2.36. The maximum absolute atomic E-state index is 4.07. The molecule has 17 heavy (non-hydrogen) atoms. The van der Waals surface area contributed by atoms with Gasteiger partial charge in [-0.1, -0.05) is 18.7 Å². The van der Waals surface area contributed by atoms with Crippen molar-refractivity contribution >= 4 is 11.8 Å². The average molecular weight is 255 g/mol. The number of nitrogens with one attached hydrogen (secondary N) is 1. The van der Waals surface area contributed by atoms with Crippen molar-refractivity contribution in [2.75, 3.05) is 18.8 Å². The second-order valence-electron chi connectivity index (χ2n) is 4.44. The van der Waals surface area contributed by atoms with Gasteiger partial charge in [-0.2, -0.15) is 0 Å². The van der Waals surface area contributed by atoms with Crippen LogP contribution in [0.25, 0.3) is 0 Å². The monoisotopic (exact) mass is 255 g/mol. The zero-order valence-electron chi connectivity index (χ0n) is 10.4. The highest BCUT2D eigenvalue weighted by atomic mass is 32.2. The number of hydrogen-bond acceptors (Lipinski definition) is 5. The van der Waals surface area contributed by atoms with E-state index in [9.17, 15) is 0 Å². The summed E-state index contributed by atoms with van der Waals surface area (Å²) >= 11 is 1.78. The minimum Gasteiger partial charge on any atom is -0.317 e. The summed E-state index contributed by atoms with van der Waals surface area (Å²) in [7, 11) is 0. The van der Waals surface area contributed by atoms with Crippen LogP contribution in [0.5, 0.6) is 0 Å². The predicted molar refractivity (Wildman–Crippen MR) is 69.2 cm³/mol. The van der Waals surface area contributed by atoms with E-state index in [-0.39, 0.29) is 0 Å². The zero-order chi connectivity index (χ0) is 11.9. The molecule has 0 amide bonds. The first-order chi connectivity index (χ1) is 8.42. The second kappa shape index (κ2) is 6.96. The maximum atomic E-state index is 4.07. The molecular formula is C11H21N5S. The summed E-state index contributed by atoms with van der Waals surface area (Å²) in [6.07, 6.45) is 6.14. The third kappa shape index (κ3) is 4.27. The Bertz CT molecular complexity index is 323. The molecule has 0 aliphatic heterocycles. The van der Waals surface area contributed by atoms with Gasteiger partial charge >= 0.3 is 0 Å². The van der Waals surface area contributed by atoms with E-state index in [1.54, 1.807) is 11.8 Å². The molecule has 0 bridgehead atoms. The van der Waals surface area contributed by atoms with Gasteiger partial charge in [-0.25, -0.2) is 4.68 Å². The number of thioether (sulfide) groups is 1. The number of tetrazole rings is 1. The van der Waals surface area contributed by atoms with Crippen molar-refractivity contribution in [3.05, 3.63) is 0 Å². The lowest BCUT2D eigenvalue weighted by molar-refractivity contribution is 0.565. The molecule has 5 nitrogen and oxygen atoms in total. The Morgan fingerprint density at radius 2 is 2.24 bits per heavy atom. The van der Waals surface area contributed by atoms with Gasteiger partial charge in [0.15, 0.2) is 0 Å². The summed E-state index contributed by atoms with van der Waals surface area (Å²) in [6.45, 7) is 4.45. The molecule has 1 N–H and O–H groups in total. The van der Waals surface area contributed by atoms with Crippen molar-refractivity contribution in [2.24, 2.45) is 0 Å². The number of nitrogens with zero attached hydrogens (tertiary/aromatic N) is 4. The van der Waals surface area contributed by atoms with Crippen LogP contribution in [-0.2, 0) is 0 Å². The number of hydrogen-bond donors (Lipinski definition) is 1. The first kappa shape index (κ1) is 12.8. The molecule has 1 aromatic rings. The Labute approximate surface area is 107 Å². The summed E-state index contributed by atoms with van der Waals surface area (Å²) in [5.41, 5.74) is 0. The van der Waals surface area contributed by atoms with Crippen LogP contribution in [0.3, 0.4) is 0 Å². The van der Waals surface area contributed by atoms with E-state index in [0.29, 0.717) is 6.04 Å². The molecule has 1 heterocycles. The van der Waals surface area contributed by atoms with Gasteiger partial charge in [-0.05, 0) is 55.6 Å². The van der Waals surface area contributed by atoms with Gasteiger partial charge in [0, 0.05) is 5.75 Å². The molecule has 0 saturated heterocycles. The second-order valence-corrected chi connectivity index (χ2v) is 5.50. The van der Waals surface area contributed by atoms with Crippen LogP contribution in [0.4, 0.5) is 0 Å². The molecule has 1 aliphatic carbocycles. The van der Waals surface area contributed by atoms with Crippen molar-refractivity contribution in [1.29, 1.82) is 0 Å². The molecule has 96 valence electrons. The van der Waals surface area contributed by atoms with Gasteiger partial charge in [-0.15, -0.1) is 5.10 Å². The van der Waals surface area contributed by atoms with Gasteiger partial charge < -0.3 is 5.32 Å². The minimum absolute atomic E-state index is 0.582. The van der Waals surface area contributed by atoms with E-state index in [0.717, 1.165) is 24.0 Å². The number of aromatic nitrogens is 4. The highest BCUT2D eigenvalue weighted by molar-refractivity contribution is 7.99. The maximum Gasteiger partial charge on any atom is 0.209 e. The number of unbranched alkanes of at least 4 members (excludes halogenated alkanes) is 1. The molecule has 1 aromatic heterocycles. The van der Waals surface area contributed by atoms with Gasteiger partial charge in [-0.3, -0.25) is 0 Å². The van der Waals surface area contributed by atoms with Crippen LogP contribution in [-0.4, -0.2) is 39.0 Å². The predicted octanol–water partition coefficient (Wildman–Crippen LogP) is 1.88. The molecule has 0 unspecified atom stereocenters. The van der Waals surface area contributed by atoms with E-state index in [2.05, 4.69) is 27.8 Å². The molecule has 1 saturated carbocycles. The largest absolute Gasteiger partial charge is 0.317 e. The molecule has 1 fully saturated rings. The van der Waals surface area contributed by atoms with Crippen LogP contribution in [0.15, 0.2) is 5.16 Å². The Hall–Kier alpha value is -0.620. The Kier molecular flexibility index (Phi) is 5.25. The fraction of sp³-hybridized carbons (Fsp3) is 0.909. The molecular weight excluding hydrogens is 234 g/mol. The van der Waals surface area contributed by atoms with E-state index in [1.165, 1.54) is 32.1 Å². The summed E-state index contributed by atoms with van der Waals surface area (Å²) in [5.74, 6) is 1.11. The Morgan fingerprint density at radius 1 is 1.35 bits per heavy atom. The first-order valence-electron chi connectivity index (χ1n) is 6.53. The van der Waals surface area contributed by atoms with Gasteiger partial charge in [0.1, 0.15) is 0 Å². The lowest BCUT2D eigenvalue weighted by Gasteiger charge is -2.03. The van der Waals surface area contributed by atoms with Crippen molar-refractivity contribution in [3.63, 3.8) is 0 Å². The summed E-state index contributed by atoms with van der Waals surface area (Å²) in [5, 5.41) is 16.3. The summed E-state index contributed by atoms with van der Waals surface area (Å²) in [4.78, 5) is 0. The van der Waals surface area contributed by atoms with E-state index < -0.39 is 0 Å². The van der Waals surface area contributed by atoms with E-state index >= 15 is 0 Å². The minimum atomic E-state index is 0.582. The van der Waals surface area contributed by atoms with Crippen LogP contribution in [0, 0.1) is 0 Å². The lowest BCUT2D eigenvalue weighted by atomic mass is 10.3. The smallest absolute Gasteiger partial charge is 0.209 e. The molecule has 6 heteroatoms. The van der Waals surface area contributed by atoms with E-state index in [4.69, 9.17) is 0 Å². The molecule has 0 spiro atoms. The van der Waals surface area contributed by atoms with Gasteiger partial charge in [0.2, 0.25) is 5.16 Å². The highest BCUT2D eigenvalue weighted by Gasteiger charge is 2.27. The van der Waals surface area contributed by atoms with Crippen molar-refractivity contribution < 1.29 is 0 Å².